The Morgan fingerprint density at radius 2 is 1.90 bits per heavy atom. The van der Waals surface area contributed by atoms with Crippen molar-refractivity contribution < 1.29 is 19.0 Å². The first-order chi connectivity index (χ1) is 14.0. The van der Waals surface area contributed by atoms with E-state index in [1.165, 1.54) is 95.6 Å². The van der Waals surface area contributed by atoms with Gasteiger partial charge in [-0.1, -0.05) is 12.8 Å². The number of hydrogen-bond acceptors (Lipinski definition) is 3. The summed E-state index contributed by atoms with van der Waals surface area (Å²) in [5.74, 6) is 0.192. The molecule has 3 aliphatic rings. The summed E-state index contributed by atoms with van der Waals surface area (Å²) in [4.78, 5) is 13.6. The van der Waals surface area contributed by atoms with E-state index in [4.69, 9.17) is 9.84 Å². The van der Waals surface area contributed by atoms with Gasteiger partial charge in [-0.15, -0.1) is 0 Å². The van der Waals surface area contributed by atoms with Crippen LogP contribution in [0.3, 0.4) is 0 Å². The van der Waals surface area contributed by atoms with Gasteiger partial charge in [-0.05, 0) is 93.8 Å². The fourth-order valence-electron chi connectivity index (χ4n) is 5.87. The first kappa shape index (κ1) is 20.6. The maximum Gasteiger partial charge on any atom is 0.338 e. The quantitative estimate of drug-likeness (QED) is 0.593. The van der Waals surface area contributed by atoms with Gasteiger partial charge in [-0.25, -0.2) is 9.18 Å². The van der Waals surface area contributed by atoms with Crippen LogP contribution in [0, 0.1) is 23.1 Å². The Hall–Kier alpha value is -1.62. The first-order valence-electron chi connectivity index (χ1n) is 11.4. The molecule has 0 atom stereocenters. The highest BCUT2D eigenvalue weighted by atomic mass is 19.1. The zero-order valence-electron chi connectivity index (χ0n) is 17.4. The number of carboxylic acid groups (broad SMARTS) is 1. The molecule has 3 fully saturated rings. The minimum atomic E-state index is -1.25. The van der Waals surface area contributed by atoms with E-state index in [-0.39, 0.29) is 5.56 Å². The number of hydrogen-bond donors (Lipinski definition) is 1. The lowest BCUT2D eigenvalue weighted by Crippen LogP contribution is -2.48. The summed E-state index contributed by atoms with van der Waals surface area (Å²) in [6.45, 7) is 4.49. The molecule has 1 aromatic carbocycles. The number of benzene rings is 1. The molecule has 4 rings (SSSR count). The van der Waals surface area contributed by atoms with Crippen LogP contribution in [-0.4, -0.2) is 42.2 Å². The molecule has 1 saturated heterocycles. The fourth-order valence-corrected chi connectivity index (χ4v) is 5.87. The van der Waals surface area contributed by atoms with Crippen molar-refractivity contribution in [1.29, 1.82) is 0 Å². The van der Waals surface area contributed by atoms with E-state index in [1.54, 1.807) is 0 Å². The van der Waals surface area contributed by atoms with Crippen molar-refractivity contribution in [2.45, 2.75) is 64.2 Å². The van der Waals surface area contributed by atoms with Crippen LogP contribution >= 0.6 is 0 Å². The molecule has 0 aromatic heterocycles. The number of halogens is 1. The van der Waals surface area contributed by atoms with E-state index >= 15 is 0 Å². The molecule has 0 radical (unpaired) electrons. The zero-order chi connectivity index (χ0) is 20.3. The Kier molecular flexibility index (Phi) is 6.43. The maximum absolute atomic E-state index is 13.7. The predicted molar refractivity (Wildman–Crippen MR) is 111 cm³/mol. The van der Waals surface area contributed by atoms with Crippen molar-refractivity contribution in [2.24, 2.45) is 17.3 Å². The number of piperidine rings is 1. The highest BCUT2D eigenvalue weighted by Gasteiger charge is 2.45. The molecule has 29 heavy (non-hydrogen) atoms. The average molecular weight is 404 g/mol. The van der Waals surface area contributed by atoms with Gasteiger partial charge in [0.05, 0.1) is 12.2 Å². The minimum Gasteiger partial charge on any atom is -0.493 e. The van der Waals surface area contributed by atoms with Gasteiger partial charge in [-0.2, -0.15) is 0 Å². The number of aromatic carboxylic acids is 1. The molecule has 1 N–H and O–H groups in total. The Morgan fingerprint density at radius 3 is 2.55 bits per heavy atom. The number of carboxylic acids is 1. The third-order valence-electron chi connectivity index (χ3n) is 7.55. The molecule has 1 heterocycles. The van der Waals surface area contributed by atoms with Crippen molar-refractivity contribution >= 4 is 5.97 Å². The van der Waals surface area contributed by atoms with Gasteiger partial charge < -0.3 is 14.7 Å². The Labute approximate surface area is 173 Å². The molecular weight excluding hydrogens is 369 g/mol. The third kappa shape index (κ3) is 5.11. The number of nitrogens with zero attached hydrogens (tertiary/aromatic N) is 1. The smallest absolute Gasteiger partial charge is 0.338 e. The summed E-state index contributed by atoms with van der Waals surface area (Å²) in [5.41, 5.74) is 0.305. The number of ether oxygens (including phenoxy) is 1. The summed E-state index contributed by atoms with van der Waals surface area (Å²) in [6.07, 6.45) is 13.4. The van der Waals surface area contributed by atoms with Gasteiger partial charge in [-0.3, -0.25) is 0 Å². The van der Waals surface area contributed by atoms with Gasteiger partial charge in [0.2, 0.25) is 0 Å². The summed E-state index contributed by atoms with van der Waals surface area (Å²) >= 11 is 0. The highest BCUT2D eigenvalue weighted by molar-refractivity contribution is 5.88. The SMILES string of the molecule is O=C(O)c1ccc(OCCCC2CC3(CCN(CC4CCCC4)CC3)C2)cc1F. The summed E-state index contributed by atoms with van der Waals surface area (Å²) in [7, 11) is 0. The van der Waals surface area contributed by atoms with E-state index in [1.807, 2.05) is 0 Å². The van der Waals surface area contributed by atoms with Crippen LogP contribution in [0.15, 0.2) is 18.2 Å². The molecular formula is C24H34FNO3. The second kappa shape index (κ2) is 9.03. The largest absolute Gasteiger partial charge is 0.493 e. The molecule has 160 valence electrons. The second-order valence-electron chi connectivity index (χ2n) is 9.66. The van der Waals surface area contributed by atoms with Crippen LogP contribution in [0.2, 0.25) is 0 Å². The lowest BCUT2D eigenvalue weighted by atomic mass is 9.56. The van der Waals surface area contributed by atoms with Gasteiger partial charge in [0.1, 0.15) is 11.6 Å². The predicted octanol–water partition coefficient (Wildman–Crippen LogP) is 5.37. The van der Waals surface area contributed by atoms with E-state index in [0.29, 0.717) is 17.8 Å². The van der Waals surface area contributed by atoms with E-state index in [0.717, 1.165) is 18.3 Å². The third-order valence-corrected chi connectivity index (χ3v) is 7.55. The molecule has 1 spiro atoms. The maximum atomic E-state index is 13.7. The molecule has 2 saturated carbocycles. The van der Waals surface area contributed by atoms with Gasteiger partial charge >= 0.3 is 5.97 Å². The normalized spacial score (nSPS) is 22.7. The fraction of sp³-hybridized carbons (Fsp3) is 0.708. The Bertz CT molecular complexity index is 700. The molecule has 0 amide bonds. The molecule has 0 unspecified atom stereocenters. The summed E-state index contributed by atoms with van der Waals surface area (Å²) < 4.78 is 19.3. The Balaban J connectivity index is 1.10. The van der Waals surface area contributed by atoms with Gasteiger partial charge in [0, 0.05) is 12.6 Å². The number of rotatable bonds is 8. The second-order valence-corrected chi connectivity index (χ2v) is 9.66. The van der Waals surface area contributed by atoms with E-state index in [9.17, 15) is 9.18 Å². The standard InChI is InChI=1S/C24H34FNO3/c25-22-14-20(7-8-21(22)23(27)28)29-13-3-6-19-15-24(16-19)9-11-26(12-10-24)17-18-4-1-2-5-18/h7-8,14,18-19H,1-6,9-13,15-17H2,(H,27,28). The molecule has 4 nitrogen and oxygen atoms in total. The van der Waals surface area contributed by atoms with Crippen LogP contribution in [-0.2, 0) is 0 Å². The van der Waals surface area contributed by atoms with E-state index < -0.39 is 11.8 Å². The van der Waals surface area contributed by atoms with Crippen LogP contribution in [0.1, 0.15) is 74.6 Å². The summed E-state index contributed by atoms with van der Waals surface area (Å²) in [6, 6.07) is 3.97. The van der Waals surface area contributed by atoms with Crippen LogP contribution in [0.4, 0.5) is 4.39 Å². The molecule has 1 aliphatic heterocycles. The van der Waals surface area contributed by atoms with Crippen molar-refractivity contribution in [2.75, 3.05) is 26.2 Å². The van der Waals surface area contributed by atoms with Crippen LogP contribution in [0.5, 0.6) is 5.75 Å². The van der Waals surface area contributed by atoms with E-state index in [2.05, 4.69) is 4.90 Å². The van der Waals surface area contributed by atoms with Crippen LogP contribution < -0.4 is 4.74 Å². The topological polar surface area (TPSA) is 49.8 Å². The van der Waals surface area contributed by atoms with Crippen molar-refractivity contribution in [3.05, 3.63) is 29.6 Å². The monoisotopic (exact) mass is 403 g/mol. The number of likely N-dealkylation sites (tertiary alicyclic amines) is 1. The average Bonchev–Trinajstić information content (AvgIpc) is 3.18. The highest BCUT2D eigenvalue weighted by Crippen LogP contribution is 2.54. The summed E-state index contributed by atoms with van der Waals surface area (Å²) in [5, 5.41) is 8.86. The van der Waals surface area contributed by atoms with Crippen molar-refractivity contribution in [3.8, 4) is 5.75 Å². The van der Waals surface area contributed by atoms with Crippen LogP contribution in [0.25, 0.3) is 0 Å². The molecule has 5 heteroatoms. The van der Waals surface area contributed by atoms with Crippen molar-refractivity contribution in [1.82, 2.24) is 4.90 Å². The Morgan fingerprint density at radius 1 is 1.17 bits per heavy atom. The lowest BCUT2D eigenvalue weighted by molar-refractivity contribution is -0.0206. The van der Waals surface area contributed by atoms with Crippen molar-refractivity contribution in [3.63, 3.8) is 0 Å². The minimum absolute atomic E-state index is 0.314. The molecule has 0 bridgehead atoms. The first-order valence-corrected chi connectivity index (χ1v) is 11.4. The number of carbonyl (C=O) groups is 1. The zero-order valence-corrected chi connectivity index (χ0v) is 17.4. The molecule has 2 aliphatic carbocycles. The lowest BCUT2D eigenvalue weighted by Gasteiger charge is -2.53. The molecule has 1 aromatic rings. The van der Waals surface area contributed by atoms with Gasteiger partial charge in [0.15, 0.2) is 0 Å². The van der Waals surface area contributed by atoms with Gasteiger partial charge in [0.25, 0.3) is 0 Å².